The molecule has 0 aromatic rings. The number of aliphatic hydroxyl groups is 3. The van der Waals surface area contributed by atoms with E-state index in [4.69, 9.17) is 19.7 Å². The fourth-order valence-electron chi connectivity index (χ4n) is 1.49. The van der Waals surface area contributed by atoms with Crippen LogP contribution in [0.3, 0.4) is 0 Å². The van der Waals surface area contributed by atoms with Crippen LogP contribution in [0.5, 0.6) is 0 Å². The highest BCUT2D eigenvalue weighted by Crippen LogP contribution is 2.17. The smallest absolute Gasteiger partial charge is 0.134 e. The third kappa shape index (κ3) is 4.02. The molecule has 1 fully saturated rings. The zero-order chi connectivity index (χ0) is 11.3. The highest BCUT2D eigenvalue weighted by atomic mass is 16.6. The summed E-state index contributed by atoms with van der Waals surface area (Å²) in [5, 5.41) is 29.9. The Morgan fingerprint density at radius 3 is 2.80 bits per heavy atom. The van der Waals surface area contributed by atoms with Crippen LogP contribution in [0.4, 0.5) is 0 Å². The van der Waals surface area contributed by atoms with Crippen molar-refractivity contribution in [2.75, 3.05) is 26.9 Å². The van der Waals surface area contributed by atoms with Crippen LogP contribution < -0.4 is 5.32 Å². The van der Waals surface area contributed by atoms with Gasteiger partial charge in [0.15, 0.2) is 0 Å². The first-order chi connectivity index (χ1) is 7.17. The molecule has 6 heteroatoms. The van der Waals surface area contributed by atoms with Crippen LogP contribution in [-0.2, 0) is 9.47 Å². The van der Waals surface area contributed by atoms with Gasteiger partial charge in [-0.05, 0) is 7.05 Å². The van der Waals surface area contributed by atoms with E-state index in [1.54, 1.807) is 7.05 Å². The quantitative estimate of drug-likeness (QED) is 0.390. The number of nitrogens with one attached hydrogen (secondary N) is 1. The zero-order valence-electron chi connectivity index (χ0n) is 8.80. The molecule has 4 atom stereocenters. The van der Waals surface area contributed by atoms with E-state index in [1.165, 1.54) is 0 Å². The summed E-state index contributed by atoms with van der Waals surface area (Å²) in [6, 6.07) is 0. The van der Waals surface area contributed by atoms with Crippen molar-refractivity contribution < 1.29 is 24.8 Å². The van der Waals surface area contributed by atoms with E-state index in [0.717, 1.165) is 0 Å². The number of hydrogen-bond donors (Lipinski definition) is 4. The molecule has 0 bridgehead atoms. The number of ether oxygens (including phenoxy) is 2. The molecule has 1 rings (SSSR count). The third-order valence-corrected chi connectivity index (χ3v) is 2.31. The lowest BCUT2D eigenvalue weighted by atomic mass is 10.2. The van der Waals surface area contributed by atoms with Gasteiger partial charge in [0.25, 0.3) is 0 Å². The molecule has 0 aromatic heterocycles. The molecule has 4 N–H and O–H groups in total. The van der Waals surface area contributed by atoms with E-state index in [0.29, 0.717) is 13.0 Å². The molecule has 0 spiro atoms. The van der Waals surface area contributed by atoms with E-state index in [-0.39, 0.29) is 25.5 Å². The van der Waals surface area contributed by atoms with Gasteiger partial charge >= 0.3 is 0 Å². The minimum atomic E-state index is -0.882. The first-order valence-corrected chi connectivity index (χ1v) is 5.04. The van der Waals surface area contributed by atoms with Gasteiger partial charge in [-0.25, -0.2) is 0 Å². The number of hydrogen-bond acceptors (Lipinski definition) is 6. The Balaban J connectivity index is 2.29. The van der Waals surface area contributed by atoms with Crippen molar-refractivity contribution in [3.8, 4) is 0 Å². The van der Waals surface area contributed by atoms with E-state index in [1.807, 2.05) is 0 Å². The lowest BCUT2D eigenvalue weighted by molar-refractivity contribution is -0.0915. The van der Waals surface area contributed by atoms with Crippen molar-refractivity contribution >= 4 is 0 Å². The SMILES string of the molecule is CNC(OCC(O)CO)C1CC(O)CO1. The summed E-state index contributed by atoms with van der Waals surface area (Å²) in [4.78, 5) is 0. The van der Waals surface area contributed by atoms with Crippen molar-refractivity contribution in [2.45, 2.75) is 31.0 Å². The largest absolute Gasteiger partial charge is 0.394 e. The van der Waals surface area contributed by atoms with E-state index >= 15 is 0 Å². The third-order valence-electron chi connectivity index (χ3n) is 2.31. The van der Waals surface area contributed by atoms with Gasteiger partial charge in [-0.1, -0.05) is 0 Å². The van der Waals surface area contributed by atoms with Gasteiger partial charge in [-0.3, -0.25) is 5.32 Å². The van der Waals surface area contributed by atoms with Crippen molar-refractivity contribution in [3.63, 3.8) is 0 Å². The van der Waals surface area contributed by atoms with Gasteiger partial charge < -0.3 is 24.8 Å². The molecule has 90 valence electrons. The average molecular weight is 221 g/mol. The lowest BCUT2D eigenvalue weighted by Gasteiger charge is -2.23. The fourth-order valence-corrected chi connectivity index (χ4v) is 1.49. The Hall–Kier alpha value is -0.240. The average Bonchev–Trinajstić information content (AvgIpc) is 2.65. The maximum absolute atomic E-state index is 9.27. The van der Waals surface area contributed by atoms with Gasteiger partial charge in [0.05, 0.1) is 32.0 Å². The van der Waals surface area contributed by atoms with Crippen LogP contribution in [0.15, 0.2) is 0 Å². The first-order valence-electron chi connectivity index (χ1n) is 5.04. The molecule has 4 unspecified atom stereocenters. The van der Waals surface area contributed by atoms with Crippen LogP contribution in [0.25, 0.3) is 0 Å². The molecular weight excluding hydrogens is 202 g/mol. The minimum Gasteiger partial charge on any atom is -0.394 e. The molecule has 0 aromatic carbocycles. The standard InChI is InChI=1S/C9H19NO5/c1-10-9(15-5-7(13)3-11)8-2-6(12)4-14-8/h6-13H,2-5H2,1H3. The second-order valence-electron chi connectivity index (χ2n) is 3.64. The highest BCUT2D eigenvalue weighted by molar-refractivity contribution is 4.78. The van der Waals surface area contributed by atoms with Crippen LogP contribution in [0.1, 0.15) is 6.42 Å². The van der Waals surface area contributed by atoms with Crippen molar-refractivity contribution in [1.82, 2.24) is 5.32 Å². The fraction of sp³-hybridized carbons (Fsp3) is 1.00. The molecular formula is C9H19NO5. The lowest BCUT2D eigenvalue weighted by Crippen LogP contribution is -2.41. The van der Waals surface area contributed by atoms with E-state index in [2.05, 4.69) is 5.32 Å². The Bertz CT molecular complexity index is 180. The van der Waals surface area contributed by atoms with E-state index in [9.17, 15) is 5.11 Å². The van der Waals surface area contributed by atoms with Gasteiger partial charge in [0.2, 0.25) is 0 Å². The predicted molar refractivity (Wildman–Crippen MR) is 52.3 cm³/mol. The molecule has 6 nitrogen and oxygen atoms in total. The molecule has 1 aliphatic rings. The van der Waals surface area contributed by atoms with Gasteiger partial charge in [-0.15, -0.1) is 0 Å². The topological polar surface area (TPSA) is 91.2 Å². The molecule has 0 aliphatic carbocycles. The van der Waals surface area contributed by atoms with Gasteiger partial charge in [0.1, 0.15) is 12.3 Å². The van der Waals surface area contributed by atoms with Crippen molar-refractivity contribution in [1.29, 1.82) is 0 Å². The van der Waals surface area contributed by atoms with Gasteiger partial charge in [0, 0.05) is 6.42 Å². The number of aliphatic hydroxyl groups excluding tert-OH is 3. The van der Waals surface area contributed by atoms with Crippen LogP contribution in [0, 0.1) is 0 Å². The molecule has 15 heavy (non-hydrogen) atoms. The summed E-state index contributed by atoms with van der Waals surface area (Å²) >= 11 is 0. The summed E-state index contributed by atoms with van der Waals surface area (Å²) in [6.07, 6.45) is -1.40. The number of rotatable bonds is 6. The Labute approximate surface area is 88.8 Å². The minimum absolute atomic E-state index is 0.0396. The Morgan fingerprint density at radius 1 is 1.60 bits per heavy atom. The Morgan fingerprint density at radius 2 is 2.33 bits per heavy atom. The van der Waals surface area contributed by atoms with Crippen LogP contribution >= 0.6 is 0 Å². The summed E-state index contributed by atoms with van der Waals surface area (Å²) in [7, 11) is 1.71. The summed E-state index contributed by atoms with van der Waals surface area (Å²) in [5.74, 6) is 0. The van der Waals surface area contributed by atoms with Crippen LogP contribution in [0.2, 0.25) is 0 Å². The predicted octanol–water partition coefficient (Wildman–Crippen LogP) is -1.95. The monoisotopic (exact) mass is 221 g/mol. The molecule has 1 heterocycles. The summed E-state index contributed by atoms with van der Waals surface area (Å²) in [5.41, 5.74) is 0. The first kappa shape index (κ1) is 12.8. The maximum atomic E-state index is 9.27. The van der Waals surface area contributed by atoms with Crippen LogP contribution in [-0.4, -0.2) is 66.7 Å². The highest BCUT2D eigenvalue weighted by Gasteiger charge is 2.30. The second-order valence-corrected chi connectivity index (χ2v) is 3.64. The Kier molecular flexibility index (Phi) is 5.44. The normalized spacial score (nSPS) is 30.4. The van der Waals surface area contributed by atoms with E-state index < -0.39 is 12.2 Å². The molecule has 0 radical (unpaired) electrons. The maximum Gasteiger partial charge on any atom is 0.134 e. The molecule has 0 saturated carbocycles. The molecule has 1 saturated heterocycles. The van der Waals surface area contributed by atoms with Crippen molar-refractivity contribution in [2.24, 2.45) is 0 Å². The second kappa shape index (κ2) is 6.37. The van der Waals surface area contributed by atoms with Crippen molar-refractivity contribution in [3.05, 3.63) is 0 Å². The molecule has 0 amide bonds. The summed E-state index contributed by atoms with van der Waals surface area (Å²) in [6.45, 7) is 0.0251. The zero-order valence-corrected chi connectivity index (χ0v) is 8.80. The number of likely N-dealkylation sites (N-methyl/N-ethyl adjacent to an activating group) is 1. The van der Waals surface area contributed by atoms with Gasteiger partial charge in [-0.2, -0.15) is 0 Å². The molecule has 1 aliphatic heterocycles. The summed E-state index contributed by atoms with van der Waals surface area (Å²) < 4.78 is 10.6.